The van der Waals surface area contributed by atoms with E-state index in [1.165, 1.54) is 19.3 Å². The molecule has 0 saturated heterocycles. The van der Waals surface area contributed by atoms with Gasteiger partial charge in [0, 0.05) is 12.6 Å². The maximum absolute atomic E-state index is 10.7. The van der Waals surface area contributed by atoms with Crippen LogP contribution in [0.1, 0.15) is 64.2 Å². The molecule has 2 aliphatic carbocycles. The molecular formula is C15H29NO2. The third kappa shape index (κ3) is 3.69. The zero-order valence-electron chi connectivity index (χ0n) is 11.8. The van der Waals surface area contributed by atoms with Crippen molar-refractivity contribution in [1.29, 1.82) is 0 Å². The highest BCUT2D eigenvalue weighted by Gasteiger charge is 2.34. The Balaban J connectivity index is 1.90. The van der Waals surface area contributed by atoms with Gasteiger partial charge in [-0.15, -0.1) is 0 Å². The fourth-order valence-corrected chi connectivity index (χ4v) is 3.73. The zero-order valence-corrected chi connectivity index (χ0v) is 11.8. The maximum Gasteiger partial charge on any atom is 0.0774 e. The van der Waals surface area contributed by atoms with Crippen LogP contribution in [0.5, 0.6) is 0 Å². The summed E-state index contributed by atoms with van der Waals surface area (Å²) in [6, 6.07) is 0.256. The van der Waals surface area contributed by atoms with Crippen LogP contribution < -0.4 is 0 Å². The van der Waals surface area contributed by atoms with Gasteiger partial charge in [0.05, 0.1) is 11.7 Å². The normalized spacial score (nSPS) is 33.3. The number of likely N-dealkylation sites (N-methyl/N-ethyl adjacent to an activating group) is 1. The fraction of sp³-hybridized carbons (Fsp3) is 1.00. The van der Waals surface area contributed by atoms with Crippen molar-refractivity contribution in [3.05, 3.63) is 0 Å². The molecule has 2 rings (SSSR count). The number of nitrogens with zero attached hydrogens (tertiary/aromatic N) is 1. The van der Waals surface area contributed by atoms with Crippen LogP contribution >= 0.6 is 0 Å². The predicted molar refractivity (Wildman–Crippen MR) is 73.5 cm³/mol. The summed E-state index contributed by atoms with van der Waals surface area (Å²) in [5, 5.41) is 20.8. The van der Waals surface area contributed by atoms with Gasteiger partial charge in [0.15, 0.2) is 0 Å². The molecular weight excluding hydrogens is 226 g/mol. The van der Waals surface area contributed by atoms with Gasteiger partial charge in [-0.25, -0.2) is 0 Å². The van der Waals surface area contributed by atoms with Crippen LogP contribution in [0, 0.1) is 0 Å². The van der Waals surface area contributed by atoms with E-state index in [0.717, 1.165) is 51.5 Å². The van der Waals surface area contributed by atoms with Gasteiger partial charge in [-0.05, 0) is 32.7 Å². The summed E-state index contributed by atoms with van der Waals surface area (Å²) in [4.78, 5) is 2.22. The van der Waals surface area contributed by atoms with Gasteiger partial charge >= 0.3 is 0 Å². The Bertz CT molecular complexity index is 249. The molecule has 2 saturated carbocycles. The van der Waals surface area contributed by atoms with Gasteiger partial charge in [0.25, 0.3) is 0 Å². The van der Waals surface area contributed by atoms with E-state index in [4.69, 9.17) is 0 Å². The lowest BCUT2D eigenvalue weighted by Crippen LogP contribution is -2.50. The van der Waals surface area contributed by atoms with Gasteiger partial charge in [-0.2, -0.15) is 0 Å². The molecule has 2 aliphatic rings. The molecule has 18 heavy (non-hydrogen) atoms. The van der Waals surface area contributed by atoms with Crippen molar-refractivity contribution >= 4 is 0 Å². The molecule has 3 heteroatoms. The van der Waals surface area contributed by atoms with Gasteiger partial charge in [-0.1, -0.05) is 38.5 Å². The minimum atomic E-state index is -0.511. The van der Waals surface area contributed by atoms with E-state index in [1.54, 1.807) is 0 Å². The van der Waals surface area contributed by atoms with Crippen molar-refractivity contribution in [3.63, 3.8) is 0 Å². The van der Waals surface area contributed by atoms with Crippen molar-refractivity contribution in [1.82, 2.24) is 4.90 Å². The van der Waals surface area contributed by atoms with Crippen molar-refractivity contribution in [3.8, 4) is 0 Å². The second kappa shape index (κ2) is 6.36. The summed E-state index contributed by atoms with van der Waals surface area (Å²) in [6.45, 7) is 0.731. The third-order valence-electron chi connectivity index (χ3n) is 4.84. The van der Waals surface area contributed by atoms with Crippen LogP contribution in [-0.2, 0) is 0 Å². The summed E-state index contributed by atoms with van der Waals surface area (Å²) < 4.78 is 0. The average molecular weight is 255 g/mol. The lowest BCUT2D eigenvalue weighted by molar-refractivity contribution is -0.0406. The number of rotatable bonds is 3. The van der Waals surface area contributed by atoms with E-state index in [9.17, 15) is 10.2 Å². The van der Waals surface area contributed by atoms with Crippen molar-refractivity contribution in [2.45, 2.75) is 82.0 Å². The summed E-state index contributed by atoms with van der Waals surface area (Å²) >= 11 is 0. The largest absolute Gasteiger partial charge is 0.391 e. The highest BCUT2D eigenvalue weighted by atomic mass is 16.3. The first-order chi connectivity index (χ1) is 8.61. The van der Waals surface area contributed by atoms with Crippen molar-refractivity contribution in [2.24, 2.45) is 0 Å². The van der Waals surface area contributed by atoms with Crippen LogP contribution in [-0.4, -0.2) is 46.5 Å². The summed E-state index contributed by atoms with van der Waals surface area (Å²) in [5.41, 5.74) is -0.511. The number of aliphatic hydroxyl groups excluding tert-OH is 1. The molecule has 0 radical (unpaired) electrons. The fourth-order valence-electron chi connectivity index (χ4n) is 3.73. The van der Waals surface area contributed by atoms with E-state index in [0.29, 0.717) is 0 Å². The SMILES string of the molecule is CN(CC1(O)CCCCCC1)[C@H]1CCCC[C@@H]1O. The van der Waals surface area contributed by atoms with Crippen LogP contribution in [0.25, 0.3) is 0 Å². The molecule has 2 atom stereocenters. The maximum atomic E-state index is 10.7. The molecule has 2 fully saturated rings. The minimum absolute atomic E-state index is 0.196. The third-order valence-corrected chi connectivity index (χ3v) is 4.84. The summed E-state index contributed by atoms with van der Waals surface area (Å²) in [7, 11) is 2.07. The highest BCUT2D eigenvalue weighted by molar-refractivity contribution is 4.88. The van der Waals surface area contributed by atoms with Crippen LogP contribution in [0.2, 0.25) is 0 Å². The molecule has 0 spiro atoms. The lowest BCUT2D eigenvalue weighted by atomic mass is 9.89. The average Bonchev–Trinajstić information content (AvgIpc) is 2.54. The zero-order chi connectivity index (χ0) is 13.0. The first kappa shape index (κ1) is 14.3. The van der Waals surface area contributed by atoms with Gasteiger partial charge in [0.1, 0.15) is 0 Å². The monoisotopic (exact) mass is 255 g/mol. The quantitative estimate of drug-likeness (QED) is 0.761. The Kier molecular flexibility index (Phi) is 5.05. The topological polar surface area (TPSA) is 43.7 Å². The standard InChI is InChI=1S/C15H29NO2/c1-16(13-8-4-5-9-14(13)17)12-15(18)10-6-2-3-7-11-15/h13-14,17-18H,2-12H2,1H3/t13-,14-/m0/s1. The number of aliphatic hydroxyl groups is 2. The van der Waals surface area contributed by atoms with E-state index >= 15 is 0 Å². The highest BCUT2D eigenvalue weighted by Crippen LogP contribution is 2.30. The molecule has 0 aromatic rings. The van der Waals surface area contributed by atoms with E-state index in [2.05, 4.69) is 11.9 Å². The van der Waals surface area contributed by atoms with Crippen molar-refractivity contribution in [2.75, 3.05) is 13.6 Å². The second-order valence-electron chi connectivity index (χ2n) is 6.47. The Morgan fingerprint density at radius 3 is 2.22 bits per heavy atom. The number of hydrogen-bond acceptors (Lipinski definition) is 3. The van der Waals surface area contributed by atoms with E-state index in [1.807, 2.05) is 0 Å². The molecule has 3 nitrogen and oxygen atoms in total. The summed E-state index contributed by atoms with van der Waals surface area (Å²) in [5.74, 6) is 0. The van der Waals surface area contributed by atoms with Gasteiger partial charge < -0.3 is 10.2 Å². The van der Waals surface area contributed by atoms with E-state index in [-0.39, 0.29) is 12.1 Å². The van der Waals surface area contributed by atoms with Crippen molar-refractivity contribution < 1.29 is 10.2 Å². The van der Waals surface area contributed by atoms with E-state index < -0.39 is 5.60 Å². The Labute approximate surface area is 111 Å². The van der Waals surface area contributed by atoms with Gasteiger partial charge in [0.2, 0.25) is 0 Å². The first-order valence-corrected chi connectivity index (χ1v) is 7.71. The first-order valence-electron chi connectivity index (χ1n) is 7.71. The van der Waals surface area contributed by atoms with Crippen LogP contribution in [0.15, 0.2) is 0 Å². The lowest BCUT2D eigenvalue weighted by Gasteiger charge is -2.39. The molecule has 0 unspecified atom stereocenters. The Morgan fingerprint density at radius 2 is 1.61 bits per heavy atom. The smallest absolute Gasteiger partial charge is 0.0774 e. The van der Waals surface area contributed by atoms with Crippen LogP contribution in [0.4, 0.5) is 0 Å². The molecule has 0 aromatic carbocycles. The minimum Gasteiger partial charge on any atom is -0.391 e. The molecule has 0 aromatic heterocycles. The number of hydrogen-bond donors (Lipinski definition) is 2. The molecule has 2 N–H and O–H groups in total. The summed E-state index contributed by atoms with van der Waals surface area (Å²) in [6.07, 6.45) is 10.9. The molecule has 0 amide bonds. The Morgan fingerprint density at radius 1 is 1.00 bits per heavy atom. The van der Waals surface area contributed by atoms with Gasteiger partial charge in [-0.3, -0.25) is 4.90 Å². The second-order valence-corrected chi connectivity index (χ2v) is 6.47. The predicted octanol–water partition coefficient (Wildman–Crippen LogP) is 2.31. The molecule has 0 bridgehead atoms. The van der Waals surface area contributed by atoms with Crippen LogP contribution in [0.3, 0.4) is 0 Å². The molecule has 106 valence electrons. The molecule has 0 aliphatic heterocycles. The molecule has 0 heterocycles. The Hall–Kier alpha value is -0.120.